The van der Waals surface area contributed by atoms with Crippen molar-refractivity contribution in [1.29, 1.82) is 10.5 Å². The van der Waals surface area contributed by atoms with Crippen molar-refractivity contribution in [2.24, 2.45) is 8.73 Å². The molecule has 0 aromatic rings. The number of ketones is 1. The third-order valence-electron chi connectivity index (χ3n) is 0.260. The Labute approximate surface area is 87.0 Å². The van der Waals surface area contributed by atoms with Gasteiger partial charge in [-0.3, -0.25) is 0 Å². The van der Waals surface area contributed by atoms with Crippen LogP contribution in [-0.2, 0) is 18.3 Å². The number of Topliss-reactive ketones (excluding diaryl/α,β-unsaturated/α-hetero) is 1. The van der Waals surface area contributed by atoms with E-state index in [0.717, 1.165) is 19.2 Å². The average molecular weight is 313 g/mol. The Balaban J connectivity index is 0. The number of nitrogens with two attached hydrogens (primary N) is 2. The second-order valence-electron chi connectivity index (χ2n) is 1.68. The SMILES string of the molecule is CC(C)=O.N#C[S][Pd]([NH2])([NH2])[S]C#N. The molecule has 0 aromatic heterocycles. The van der Waals surface area contributed by atoms with Crippen LogP contribution < -0.4 is 8.73 Å². The van der Waals surface area contributed by atoms with E-state index < -0.39 is 13.5 Å². The van der Waals surface area contributed by atoms with E-state index in [0.29, 0.717) is 0 Å². The molecule has 0 rings (SSSR count). The van der Waals surface area contributed by atoms with Crippen molar-refractivity contribution >= 4 is 24.9 Å². The first-order valence-corrected chi connectivity index (χ1v) is 9.62. The van der Waals surface area contributed by atoms with Crippen molar-refractivity contribution in [3.8, 4) is 10.8 Å². The van der Waals surface area contributed by atoms with Crippen molar-refractivity contribution in [2.45, 2.75) is 13.8 Å². The number of carbonyl (C=O) groups is 1. The number of thiocyanates is 2. The quantitative estimate of drug-likeness (QED) is 0.570. The number of nitrogens with zero attached hydrogens (tertiary/aromatic N) is 2. The fraction of sp³-hybridized carbons (Fsp3) is 0.400. The van der Waals surface area contributed by atoms with Gasteiger partial charge < -0.3 is 4.79 Å². The van der Waals surface area contributed by atoms with Gasteiger partial charge in [0.1, 0.15) is 5.78 Å². The summed E-state index contributed by atoms with van der Waals surface area (Å²) in [5, 5.41) is 19.7. The molecule has 0 unspecified atom stereocenters. The molecule has 0 aromatic carbocycles. The van der Waals surface area contributed by atoms with Gasteiger partial charge in [-0.15, -0.1) is 0 Å². The van der Waals surface area contributed by atoms with Crippen molar-refractivity contribution in [3.63, 3.8) is 0 Å². The summed E-state index contributed by atoms with van der Waals surface area (Å²) in [6.45, 7) is 3.06. The Morgan fingerprint density at radius 2 is 1.46 bits per heavy atom. The van der Waals surface area contributed by atoms with Crippen LogP contribution in [0.25, 0.3) is 0 Å². The molecule has 0 saturated carbocycles. The van der Waals surface area contributed by atoms with Gasteiger partial charge in [0.15, 0.2) is 0 Å². The zero-order valence-corrected chi connectivity index (χ0v) is 10.3. The van der Waals surface area contributed by atoms with Crippen LogP contribution in [0.4, 0.5) is 0 Å². The Kier molecular flexibility index (Phi) is 10.1. The normalized spacial score (nSPS) is 10.0. The van der Waals surface area contributed by atoms with Crippen LogP contribution in [-0.4, -0.2) is 5.78 Å². The molecule has 0 fully saturated rings. The molecule has 0 amide bonds. The molecule has 0 aliphatic rings. The van der Waals surface area contributed by atoms with Crippen LogP contribution in [0.2, 0.25) is 0 Å². The molecule has 13 heavy (non-hydrogen) atoms. The van der Waals surface area contributed by atoms with E-state index in [2.05, 4.69) is 0 Å². The van der Waals surface area contributed by atoms with Crippen molar-refractivity contribution in [1.82, 2.24) is 0 Å². The molecule has 0 aliphatic carbocycles. The van der Waals surface area contributed by atoms with Crippen LogP contribution >= 0.6 is 19.2 Å². The van der Waals surface area contributed by atoms with Crippen LogP contribution in [0, 0.1) is 21.3 Å². The van der Waals surface area contributed by atoms with Gasteiger partial charge in [0.25, 0.3) is 0 Å². The van der Waals surface area contributed by atoms with Crippen LogP contribution in [0.3, 0.4) is 0 Å². The van der Waals surface area contributed by atoms with E-state index in [9.17, 15) is 4.79 Å². The first-order chi connectivity index (χ1) is 5.85. The van der Waals surface area contributed by atoms with Crippen LogP contribution in [0.15, 0.2) is 0 Å². The van der Waals surface area contributed by atoms with E-state index in [4.69, 9.17) is 19.3 Å². The summed E-state index contributed by atoms with van der Waals surface area (Å²) in [4.78, 5) is 9.44. The molecule has 0 atom stereocenters. The standard InChI is InChI=1S/C3H6O.2CHNS.2H2N.Pd/c1-3(2)4;2*2-1-3;;;/h1-2H3;2*3H;2*1H2;/q;;;2*-1;+4/p-2. The van der Waals surface area contributed by atoms with Crippen molar-refractivity contribution in [2.75, 3.05) is 0 Å². The second-order valence-corrected chi connectivity index (χ2v) is 12.5. The number of hydrogen-bond acceptors (Lipinski definition) is 7. The Bertz CT molecular complexity index is 222. The van der Waals surface area contributed by atoms with Crippen LogP contribution in [0.5, 0.6) is 0 Å². The Morgan fingerprint density at radius 1 is 1.23 bits per heavy atom. The fourth-order valence-electron chi connectivity index (χ4n) is 0.103. The molecule has 0 radical (unpaired) electrons. The Hall–Kier alpha value is -0.0677. The Morgan fingerprint density at radius 3 is 1.62 bits per heavy atom. The summed E-state index contributed by atoms with van der Waals surface area (Å²) >= 11 is -2.70. The van der Waals surface area contributed by atoms with E-state index in [-0.39, 0.29) is 5.78 Å². The number of carbonyl (C=O) groups excluding carboxylic acids is 1. The molecule has 0 aliphatic heterocycles. The van der Waals surface area contributed by atoms with Gasteiger partial charge >= 0.3 is 62.7 Å². The summed E-state index contributed by atoms with van der Waals surface area (Å²) < 4.78 is 10.7. The van der Waals surface area contributed by atoms with E-state index in [1.807, 2.05) is 0 Å². The van der Waals surface area contributed by atoms with Gasteiger partial charge in [-0.1, -0.05) is 0 Å². The van der Waals surface area contributed by atoms with Crippen molar-refractivity contribution in [3.05, 3.63) is 0 Å². The third-order valence-corrected chi connectivity index (χ3v) is 6.48. The molecule has 0 bridgehead atoms. The first kappa shape index (κ1) is 15.4. The van der Waals surface area contributed by atoms with E-state index in [1.54, 1.807) is 10.8 Å². The summed E-state index contributed by atoms with van der Waals surface area (Å²) in [5.74, 6) is 0.167. The molecule has 78 valence electrons. The predicted octanol–water partition coefficient (Wildman–Crippen LogP) is 0.742. The summed E-state index contributed by atoms with van der Waals surface area (Å²) in [5.41, 5.74) is 0. The van der Waals surface area contributed by atoms with E-state index >= 15 is 0 Å². The minimum absolute atomic E-state index is 0.167. The fourth-order valence-corrected chi connectivity index (χ4v) is 3.14. The summed E-state index contributed by atoms with van der Waals surface area (Å²) in [6.07, 6.45) is 0. The van der Waals surface area contributed by atoms with Gasteiger partial charge in [-0.2, -0.15) is 0 Å². The summed E-state index contributed by atoms with van der Waals surface area (Å²) in [7, 11) is 1.62. The van der Waals surface area contributed by atoms with Gasteiger partial charge in [-0.25, -0.2) is 0 Å². The molecule has 8 heteroatoms. The first-order valence-electron chi connectivity index (χ1n) is 2.68. The zero-order valence-electron chi connectivity index (χ0n) is 7.09. The monoisotopic (exact) mass is 312 g/mol. The number of nitriles is 2. The third kappa shape index (κ3) is 18.7. The predicted molar refractivity (Wildman–Crippen MR) is 51.1 cm³/mol. The van der Waals surface area contributed by atoms with Gasteiger partial charge in [0.2, 0.25) is 0 Å². The van der Waals surface area contributed by atoms with Gasteiger partial charge in [0, 0.05) is 0 Å². The molecule has 0 saturated heterocycles. The number of hydrogen-bond donors (Lipinski definition) is 2. The molecule has 4 N–H and O–H groups in total. The van der Waals surface area contributed by atoms with Crippen LogP contribution in [0.1, 0.15) is 13.8 Å². The summed E-state index contributed by atoms with van der Waals surface area (Å²) in [6, 6.07) is 0. The zero-order chi connectivity index (χ0) is 10.9. The van der Waals surface area contributed by atoms with Crippen molar-refractivity contribution < 1.29 is 18.3 Å². The minimum atomic E-state index is -2.70. The maximum atomic E-state index is 9.44. The molecular weight excluding hydrogens is 303 g/mol. The molecule has 5 nitrogen and oxygen atoms in total. The maximum absolute atomic E-state index is 9.44. The molecule has 0 heterocycles. The number of rotatable bonds is 2. The molecular formula is C5H10N4OPdS2. The topological polar surface area (TPSA) is 117 Å². The van der Waals surface area contributed by atoms with E-state index in [1.165, 1.54) is 13.8 Å². The van der Waals surface area contributed by atoms with Gasteiger partial charge in [0.05, 0.1) is 0 Å². The second kappa shape index (κ2) is 8.53. The van der Waals surface area contributed by atoms with Gasteiger partial charge in [-0.05, 0) is 13.8 Å². The average Bonchev–Trinajstić information content (AvgIpc) is 1.84. The molecule has 0 spiro atoms.